The van der Waals surface area contributed by atoms with Crippen LogP contribution < -0.4 is 0 Å². The zero-order chi connectivity index (χ0) is 49.9. The zero-order valence-corrected chi connectivity index (χ0v) is 39.7. The molecule has 7 heterocycles. The fraction of sp³-hybridized carbons (Fsp3) is 0.0317. The fourth-order valence-corrected chi connectivity index (χ4v) is 11.6. The molecule has 0 atom stereocenters. The van der Waals surface area contributed by atoms with Gasteiger partial charge in [0.2, 0.25) is 0 Å². The van der Waals surface area contributed by atoms with E-state index >= 15 is 0 Å². The van der Waals surface area contributed by atoms with Gasteiger partial charge in [-0.3, -0.25) is 19.1 Å². The van der Waals surface area contributed by atoms with E-state index in [9.17, 15) is 21.0 Å². The minimum atomic E-state index is 0.484. The molecule has 11 nitrogen and oxygen atoms in total. The van der Waals surface area contributed by atoms with Crippen LogP contribution in [0.2, 0.25) is 0 Å². The average Bonchev–Trinajstić information content (AvgIpc) is 4.16. The Morgan fingerprint density at radius 3 is 1.08 bits per heavy atom. The molecule has 0 amide bonds. The minimum absolute atomic E-state index is 0.484. The highest BCUT2D eigenvalue weighted by atomic mass is 15.2. The number of pyridine rings is 3. The highest BCUT2D eigenvalue weighted by Gasteiger charge is 2.33. The molecule has 0 unspecified atom stereocenters. The second-order valence-corrected chi connectivity index (χ2v) is 18.7. The van der Waals surface area contributed by atoms with Crippen LogP contribution in [0.4, 0.5) is 0 Å². The maximum absolute atomic E-state index is 10.4. The van der Waals surface area contributed by atoms with Crippen molar-refractivity contribution >= 4 is 87.2 Å². The van der Waals surface area contributed by atoms with Crippen molar-refractivity contribution < 1.29 is 0 Å². The molecule has 342 valence electrons. The number of aryl methyl sites for hydroxylation is 2. The van der Waals surface area contributed by atoms with Crippen LogP contribution in [0, 0.1) is 59.2 Å². The Bertz CT molecular complexity index is 4440. The Morgan fingerprint density at radius 2 is 0.703 bits per heavy atom. The van der Waals surface area contributed by atoms with E-state index in [1.165, 1.54) is 0 Å². The quantitative estimate of drug-likeness (QED) is 0.166. The summed E-state index contributed by atoms with van der Waals surface area (Å²) < 4.78 is 8.99. The molecule has 7 aromatic heterocycles. The van der Waals surface area contributed by atoms with E-state index in [2.05, 4.69) is 109 Å². The first kappa shape index (κ1) is 42.1. The minimum Gasteiger partial charge on any atom is -0.305 e. The number of hydrogen-bond acceptors (Lipinski definition) is 7. The number of nitrogens with zero attached hydrogens (tertiary/aromatic N) is 11. The molecule has 0 spiro atoms. The van der Waals surface area contributed by atoms with E-state index in [0.29, 0.717) is 33.9 Å². The van der Waals surface area contributed by atoms with Gasteiger partial charge in [-0.1, -0.05) is 65.7 Å². The Hall–Kier alpha value is -10.9. The van der Waals surface area contributed by atoms with Gasteiger partial charge in [0.15, 0.2) is 11.6 Å². The molecule has 7 aromatic carbocycles. The summed E-state index contributed by atoms with van der Waals surface area (Å²) in [7, 11) is 0. The Morgan fingerprint density at radius 1 is 0.351 bits per heavy atom. The zero-order valence-electron chi connectivity index (χ0n) is 39.7. The monoisotopic (exact) mass is 945 g/mol. The molecular formula is C63H35N11. The lowest BCUT2D eigenvalue weighted by atomic mass is 9.97. The van der Waals surface area contributed by atoms with Crippen LogP contribution in [0.3, 0.4) is 0 Å². The van der Waals surface area contributed by atoms with Crippen molar-refractivity contribution in [3.05, 3.63) is 210 Å². The summed E-state index contributed by atoms with van der Waals surface area (Å²) in [5.41, 5.74) is 14.0. The van der Waals surface area contributed by atoms with Gasteiger partial charge < -0.3 is 9.13 Å². The predicted octanol–water partition coefficient (Wildman–Crippen LogP) is 14.0. The van der Waals surface area contributed by atoms with E-state index < -0.39 is 0 Å². The molecule has 11 heteroatoms. The highest BCUT2D eigenvalue weighted by molar-refractivity contribution is 6.16. The lowest BCUT2D eigenvalue weighted by Crippen LogP contribution is -2.16. The Kier molecular flexibility index (Phi) is 9.00. The molecule has 14 rings (SSSR count). The smallest absolute Gasteiger partial charge is 0.165 e. The van der Waals surface area contributed by atoms with Crippen LogP contribution in [0.15, 0.2) is 176 Å². The molecule has 0 fully saturated rings. The number of nitriles is 4. The summed E-state index contributed by atoms with van der Waals surface area (Å²) >= 11 is 0. The maximum atomic E-state index is 10.4. The summed E-state index contributed by atoms with van der Waals surface area (Å²) in [5.74, 6) is 1.20. The van der Waals surface area contributed by atoms with Crippen molar-refractivity contribution in [1.82, 2.24) is 33.2 Å². The normalized spacial score (nSPS) is 11.6. The number of hydrogen-bond donors (Lipinski definition) is 0. The molecule has 0 saturated carbocycles. The number of benzene rings is 7. The lowest BCUT2D eigenvalue weighted by molar-refractivity contribution is 0.960. The van der Waals surface area contributed by atoms with E-state index in [0.717, 1.165) is 121 Å². The van der Waals surface area contributed by atoms with Crippen LogP contribution in [0.25, 0.3) is 121 Å². The summed E-state index contributed by atoms with van der Waals surface area (Å²) in [4.78, 5) is 15.5. The number of fused-ring (bicyclic) bond motifs is 12. The SMILES string of the molecule is Cc1cc(C)cc(-c2c(-n3c4ccc(C#N)cc4c4cc(C#N)ccc43)c(-n3c4ccccc4c4cnccc43)nc(-n3c4ccccc4c4cnccc43)c2-n2c3ccc(C#N)cc3c3cc(C#N)ccc32)c1. The molecule has 0 bridgehead atoms. The molecule has 0 aliphatic heterocycles. The van der Waals surface area contributed by atoms with Crippen LogP contribution in [-0.2, 0) is 0 Å². The Balaban J connectivity index is 1.34. The van der Waals surface area contributed by atoms with Crippen molar-refractivity contribution in [2.75, 3.05) is 0 Å². The summed E-state index contributed by atoms with van der Waals surface area (Å²) in [6, 6.07) is 59.7. The second-order valence-electron chi connectivity index (χ2n) is 18.7. The summed E-state index contributed by atoms with van der Waals surface area (Å²) in [6.07, 6.45) is 7.44. The van der Waals surface area contributed by atoms with Gasteiger partial charge >= 0.3 is 0 Å². The lowest BCUT2D eigenvalue weighted by Gasteiger charge is -2.27. The number of rotatable bonds is 5. The van der Waals surface area contributed by atoms with Crippen molar-refractivity contribution in [3.63, 3.8) is 0 Å². The number of aromatic nitrogens is 7. The van der Waals surface area contributed by atoms with Crippen LogP contribution in [0.1, 0.15) is 33.4 Å². The third-order valence-electron chi connectivity index (χ3n) is 14.5. The van der Waals surface area contributed by atoms with Crippen molar-refractivity contribution in [2.45, 2.75) is 13.8 Å². The first-order chi connectivity index (χ1) is 36.3. The molecule has 0 radical (unpaired) electrons. The molecule has 74 heavy (non-hydrogen) atoms. The van der Waals surface area contributed by atoms with Gasteiger partial charge in [-0.05, 0) is 116 Å². The molecule has 0 N–H and O–H groups in total. The topological polar surface area (TPSA) is 154 Å². The van der Waals surface area contributed by atoms with Gasteiger partial charge in [-0.25, -0.2) is 4.98 Å². The number of para-hydroxylation sites is 2. The third kappa shape index (κ3) is 5.93. The van der Waals surface area contributed by atoms with E-state index in [4.69, 9.17) is 4.98 Å². The molecule has 0 aliphatic carbocycles. The van der Waals surface area contributed by atoms with Gasteiger partial charge in [0.25, 0.3) is 0 Å². The Labute approximate surface area is 421 Å². The van der Waals surface area contributed by atoms with Gasteiger partial charge in [0, 0.05) is 73.4 Å². The average molecular weight is 946 g/mol. The van der Waals surface area contributed by atoms with Gasteiger partial charge in [0.1, 0.15) is 11.4 Å². The van der Waals surface area contributed by atoms with Crippen molar-refractivity contribution in [2.24, 2.45) is 0 Å². The standard InChI is InChI=1S/C63H35N11/c1-36-23-37(2)25-42(24-36)59-60(71-53-15-11-38(30-64)26-45(53)46-27-39(31-65)12-16-54(46)71)62(73-51-9-5-3-7-43(51)49-34-68-21-19-57(49)73)70-63(74-52-10-6-4-8-44(52)50-35-69-22-20-58(50)74)61(59)72-55-17-13-40(32-66)28-47(55)48-29-41(33-67)14-18-56(48)72/h3-29,34-35H,1-2H3. The second kappa shape index (κ2) is 15.8. The first-order valence-corrected chi connectivity index (χ1v) is 24.0. The third-order valence-corrected chi connectivity index (χ3v) is 14.5. The van der Waals surface area contributed by atoms with E-state index in [-0.39, 0.29) is 0 Å². The van der Waals surface area contributed by atoms with Gasteiger partial charge in [-0.2, -0.15) is 21.0 Å². The van der Waals surface area contributed by atoms with Gasteiger partial charge in [-0.15, -0.1) is 0 Å². The highest BCUT2D eigenvalue weighted by Crippen LogP contribution is 2.49. The van der Waals surface area contributed by atoms with Crippen molar-refractivity contribution in [3.8, 4) is 58.4 Å². The maximum Gasteiger partial charge on any atom is 0.165 e. The largest absolute Gasteiger partial charge is 0.305 e. The molecule has 0 aliphatic rings. The molecular weight excluding hydrogens is 911 g/mol. The van der Waals surface area contributed by atoms with Crippen molar-refractivity contribution in [1.29, 1.82) is 21.0 Å². The molecule has 14 aromatic rings. The van der Waals surface area contributed by atoms with E-state index in [1.54, 1.807) is 0 Å². The summed E-state index contributed by atoms with van der Waals surface area (Å²) in [6.45, 7) is 4.22. The summed E-state index contributed by atoms with van der Waals surface area (Å²) in [5, 5.41) is 48.6. The van der Waals surface area contributed by atoms with Gasteiger partial charge in [0.05, 0.1) is 90.7 Å². The van der Waals surface area contributed by atoms with Crippen LogP contribution in [0.5, 0.6) is 0 Å². The first-order valence-electron chi connectivity index (χ1n) is 24.0. The fourth-order valence-electron chi connectivity index (χ4n) is 11.6. The predicted molar refractivity (Wildman–Crippen MR) is 291 cm³/mol. The van der Waals surface area contributed by atoms with Crippen LogP contribution >= 0.6 is 0 Å². The van der Waals surface area contributed by atoms with E-state index in [1.807, 2.05) is 134 Å². The molecule has 0 saturated heterocycles. The van der Waals surface area contributed by atoms with Crippen LogP contribution in [-0.4, -0.2) is 33.2 Å².